The van der Waals surface area contributed by atoms with Gasteiger partial charge < -0.3 is 10.6 Å². The van der Waals surface area contributed by atoms with E-state index in [2.05, 4.69) is 5.32 Å². The van der Waals surface area contributed by atoms with E-state index in [-0.39, 0.29) is 6.54 Å². The molecule has 0 unspecified atom stereocenters. The molecule has 0 aliphatic heterocycles. The van der Waals surface area contributed by atoms with Gasteiger partial charge in [-0.2, -0.15) is 13.2 Å². The van der Waals surface area contributed by atoms with Crippen molar-refractivity contribution in [2.45, 2.75) is 12.6 Å². The highest BCUT2D eigenvalue weighted by atomic mass is 32.1. The molecule has 0 aromatic carbocycles. The first kappa shape index (κ1) is 14.0. The molecule has 3 nitrogen and oxygen atoms in total. The Morgan fingerprint density at radius 3 is 2.76 bits per heavy atom. The summed E-state index contributed by atoms with van der Waals surface area (Å²) in [5, 5.41) is 6.51. The van der Waals surface area contributed by atoms with E-state index in [0.717, 1.165) is 4.88 Å². The lowest BCUT2D eigenvalue weighted by atomic mass is 10.3. The second-order valence-electron chi connectivity index (χ2n) is 3.40. The number of thiophene rings is 1. The summed E-state index contributed by atoms with van der Waals surface area (Å²) < 4.78 is 35.3. The predicted molar refractivity (Wildman–Crippen MR) is 60.0 cm³/mol. The van der Waals surface area contributed by atoms with Gasteiger partial charge in [-0.25, -0.2) is 0 Å². The van der Waals surface area contributed by atoms with Gasteiger partial charge in [-0.3, -0.25) is 4.79 Å². The van der Waals surface area contributed by atoms with Crippen molar-refractivity contribution in [3.05, 3.63) is 22.4 Å². The molecule has 0 bridgehead atoms. The summed E-state index contributed by atoms with van der Waals surface area (Å²) in [6.45, 7) is -1.03. The van der Waals surface area contributed by atoms with Crippen molar-refractivity contribution >= 4 is 17.2 Å². The van der Waals surface area contributed by atoms with Crippen LogP contribution in [0.15, 0.2) is 17.5 Å². The number of alkyl halides is 3. The summed E-state index contributed by atoms with van der Waals surface area (Å²) in [6, 6.07) is 3.85. The van der Waals surface area contributed by atoms with Crippen molar-refractivity contribution < 1.29 is 18.0 Å². The minimum atomic E-state index is -4.28. The van der Waals surface area contributed by atoms with Gasteiger partial charge in [-0.15, -0.1) is 11.3 Å². The third kappa shape index (κ3) is 6.96. The number of hydrogen-bond donors (Lipinski definition) is 2. The van der Waals surface area contributed by atoms with Crippen molar-refractivity contribution in [3.8, 4) is 0 Å². The van der Waals surface area contributed by atoms with Gasteiger partial charge in [0.2, 0.25) is 5.91 Å². The zero-order valence-electron chi connectivity index (χ0n) is 9.01. The van der Waals surface area contributed by atoms with Crippen LogP contribution in [0.3, 0.4) is 0 Å². The molecule has 0 aliphatic carbocycles. The Labute approximate surface area is 101 Å². The summed E-state index contributed by atoms with van der Waals surface area (Å²) in [4.78, 5) is 12.3. The van der Waals surface area contributed by atoms with Crippen LogP contribution in [-0.4, -0.2) is 31.7 Å². The van der Waals surface area contributed by atoms with Crippen molar-refractivity contribution in [2.75, 3.05) is 19.6 Å². The molecule has 0 saturated carbocycles. The van der Waals surface area contributed by atoms with E-state index in [0.29, 0.717) is 13.0 Å². The van der Waals surface area contributed by atoms with Gasteiger partial charge in [0.15, 0.2) is 0 Å². The highest BCUT2D eigenvalue weighted by Gasteiger charge is 2.26. The molecule has 1 aromatic rings. The molecule has 0 aliphatic rings. The molecule has 96 valence electrons. The van der Waals surface area contributed by atoms with Crippen molar-refractivity contribution in [1.29, 1.82) is 0 Å². The summed E-state index contributed by atoms with van der Waals surface area (Å²) in [6.07, 6.45) is -3.58. The Balaban J connectivity index is 2.05. The third-order valence-corrected chi connectivity index (χ3v) is 2.82. The van der Waals surface area contributed by atoms with E-state index >= 15 is 0 Å². The molecule has 7 heteroatoms. The molecule has 0 spiro atoms. The molecule has 1 rings (SSSR count). The van der Waals surface area contributed by atoms with Crippen LogP contribution in [0.1, 0.15) is 4.88 Å². The van der Waals surface area contributed by atoms with Crippen LogP contribution in [0, 0.1) is 0 Å². The maximum atomic E-state index is 11.8. The van der Waals surface area contributed by atoms with E-state index in [1.807, 2.05) is 22.8 Å². The first-order chi connectivity index (χ1) is 7.97. The summed E-state index contributed by atoms with van der Waals surface area (Å²) >= 11 is 1.58. The van der Waals surface area contributed by atoms with Gasteiger partial charge in [0.05, 0.1) is 13.1 Å². The molecule has 0 radical (unpaired) electrons. The van der Waals surface area contributed by atoms with Gasteiger partial charge in [-0.1, -0.05) is 6.07 Å². The highest BCUT2D eigenvalue weighted by molar-refractivity contribution is 7.09. The van der Waals surface area contributed by atoms with Crippen LogP contribution < -0.4 is 10.6 Å². The van der Waals surface area contributed by atoms with Crippen LogP contribution in [0.2, 0.25) is 0 Å². The fourth-order valence-electron chi connectivity index (χ4n) is 1.16. The fourth-order valence-corrected chi connectivity index (χ4v) is 1.87. The molecule has 2 N–H and O–H groups in total. The standard InChI is InChI=1S/C10H13F3N2OS/c11-10(12,13)7-14-6-9(16)15-4-3-8-2-1-5-17-8/h1-2,5,14H,3-4,6-7H2,(H,15,16). The normalized spacial score (nSPS) is 11.5. The Morgan fingerprint density at radius 2 is 2.18 bits per heavy atom. The molecular formula is C10H13F3N2OS. The summed E-state index contributed by atoms with van der Waals surface area (Å²) in [5.41, 5.74) is 0. The average Bonchev–Trinajstić information content (AvgIpc) is 2.68. The number of halogens is 3. The number of rotatable bonds is 6. The van der Waals surface area contributed by atoms with Gasteiger partial charge in [-0.05, 0) is 17.9 Å². The smallest absolute Gasteiger partial charge is 0.355 e. The van der Waals surface area contributed by atoms with Gasteiger partial charge in [0.1, 0.15) is 0 Å². The molecule has 1 amide bonds. The second kappa shape index (κ2) is 6.61. The molecule has 17 heavy (non-hydrogen) atoms. The van der Waals surface area contributed by atoms with E-state index in [1.165, 1.54) is 0 Å². The van der Waals surface area contributed by atoms with Gasteiger partial charge >= 0.3 is 6.18 Å². The zero-order valence-corrected chi connectivity index (χ0v) is 9.83. The highest BCUT2D eigenvalue weighted by Crippen LogP contribution is 2.11. The lowest BCUT2D eigenvalue weighted by molar-refractivity contribution is -0.128. The minimum Gasteiger partial charge on any atom is -0.355 e. The first-order valence-corrected chi connectivity index (χ1v) is 5.92. The average molecular weight is 266 g/mol. The second-order valence-corrected chi connectivity index (χ2v) is 4.43. The minimum absolute atomic E-state index is 0.316. The van der Waals surface area contributed by atoms with Crippen molar-refractivity contribution in [3.63, 3.8) is 0 Å². The van der Waals surface area contributed by atoms with Crippen LogP contribution in [-0.2, 0) is 11.2 Å². The summed E-state index contributed by atoms with van der Waals surface area (Å²) in [7, 11) is 0. The molecular weight excluding hydrogens is 253 g/mol. The van der Waals surface area contributed by atoms with Crippen LogP contribution in [0.5, 0.6) is 0 Å². The van der Waals surface area contributed by atoms with E-state index in [9.17, 15) is 18.0 Å². The number of carbonyl (C=O) groups excluding carboxylic acids is 1. The molecule has 1 heterocycles. The van der Waals surface area contributed by atoms with Gasteiger partial charge in [0, 0.05) is 11.4 Å². The van der Waals surface area contributed by atoms with E-state index in [4.69, 9.17) is 0 Å². The Kier molecular flexibility index (Phi) is 5.43. The van der Waals surface area contributed by atoms with Gasteiger partial charge in [0.25, 0.3) is 0 Å². The molecule has 1 aromatic heterocycles. The molecule has 0 saturated heterocycles. The van der Waals surface area contributed by atoms with Crippen LogP contribution >= 0.6 is 11.3 Å². The molecule has 0 fully saturated rings. The maximum absolute atomic E-state index is 11.8. The largest absolute Gasteiger partial charge is 0.401 e. The first-order valence-electron chi connectivity index (χ1n) is 5.04. The lowest BCUT2D eigenvalue weighted by Crippen LogP contribution is -2.38. The zero-order chi connectivity index (χ0) is 12.7. The van der Waals surface area contributed by atoms with Crippen molar-refractivity contribution in [2.24, 2.45) is 0 Å². The third-order valence-electron chi connectivity index (χ3n) is 1.88. The quantitative estimate of drug-likeness (QED) is 0.820. The van der Waals surface area contributed by atoms with E-state index in [1.54, 1.807) is 11.3 Å². The Hall–Kier alpha value is -1.08. The van der Waals surface area contributed by atoms with Crippen LogP contribution in [0.25, 0.3) is 0 Å². The maximum Gasteiger partial charge on any atom is 0.401 e. The Morgan fingerprint density at radius 1 is 1.41 bits per heavy atom. The fraction of sp³-hybridized carbons (Fsp3) is 0.500. The number of nitrogens with one attached hydrogen (secondary N) is 2. The molecule has 0 atom stereocenters. The number of amides is 1. The predicted octanol–water partition coefficient (Wildman–Crippen LogP) is 1.56. The topological polar surface area (TPSA) is 41.1 Å². The number of hydrogen-bond acceptors (Lipinski definition) is 3. The van der Waals surface area contributed by atoms with Crippen LogP contribution in [0.4, 0.5) is 13.2 Å². The summed E-state index contributed by atoms with van der Waals surface area (Å²) in [5.74, 6) is -0.425. The SMILES string of the molecule is O=C(CNCC(F)(F)F)NCCc1cccs1. The lowest BCUT2D eigenvalue weighted by Gasteiger charge is -2.08. The van der Waals surface area contributed by atoms with E-state index < -0.39 is 18.6 Å². The monoisotopic (exact) mass is 266 g/mol. The Bertz CT molecular complexity index is 338. The number of carbonyl (C=O) groups is 1. The van der Waals surface area contributed by atoms with Crippen molar-refractivity contribution in [1.82, 2.24) is 10.6 Å².